The van der Waals surface area contributed by atoms with Crippen molar-refractivity contribution in [2.75, 3.05) is 0 Å². The van der Waals surface area contributed by atoms with E-state index in [1.807, 2.05) is 0 Å². The second-order valence-electron chi connectivity index (χ2n) is 5.36. The minimum atomic E-state index is -0.241. The van der Waals surface area contributed by atoms with Gasteiger partial charge in [0, 0.05) is 12.0 Å². The van der Waals surface area contributed by atoms with Gasteiger partial charge in [0.15, 0.2) is 0 Å². The summed E-state index contributed by atoms with van der Waals surface area (Å²) in [6, 6.07) is 3.26. The number of nitrogens with zero attached hydrogens (tertiary/aromatic N) is 1. The summed E-state index contributed by atoms with van der Waals surface area (Å²) < 4.78 is 13.9. The zero-order valence-corrected chi connectivity index (χ0v) is 11.9. The van der Waals surface area contributed by atoms with E-state index < -0.39 is 0 Å². The summed E-state index contributed by atoms with van der Waals surface area (Å²) in [5.41, 5.74) is 1.64. The molecule has 1 heterocycles. The number of imidazole rings is 1. The highest BCUT2D eigenvalue weighted by Crippen LogP contribution is 2.35. The number of hydrogen-bond donors (Lipinski definition) is 1. The van der Waals surface area contributed by atoms with Crippen LogP contribution in [-0.2, 0) is 0 Å². The molecule has 4 heteroatoms. The Labute approximate surface area is 114 Å². The SMILES string of the molecule is CC1CCC(c2nc3cc(Br)c(F)cc3[nH]2)CC1. The minimum absolute atomic E-state index is 0.241. The van der Waals surface area contributed by atoms with Gasteiger partial charge in [-0.2, -0.15) is 0 Å². The van der Waals surface area contributed by atoms with Crippen molar-refractivity contribution >= 4 is 27.0 Å². The maximum Gasteiger partial charge on any atom is 0.139 e. The number of halogens is 2. The maximum absolute atomic E-state index is 13.5. The van der Waals surface area contributed by atoms with Crippen LogP contribution in [0.3, 0.4) is 0 Å². The monoisotopic (exact) mass is 310 g/mol. The summed E-state index contributed by atoms with van der Waals surface area (Å²) in [7, 11) is 0. The van der Waals surface area contributed by atoms with Gasteiger partial charge in [-0.05, 0) is 40.8 Å². The lowest BCUT2D eigenvalue weighted by Crippen LogP contribution is -2.11. The van der Waals surface area contributed by atoms with Gasteiger partial charge < -0.3 is 4.98 Å². The second kappa shape index (κ2) is 4.65. The van der Waals surface area contributed by atoms with Crippen LogP contribution in [0, 0.1) is 11.7 Å². The molecule has 0 radical (unpaired) electrons. The number of H-pyrrole nitrogens is 1. The molecule has 0 atom stereocenters. The Morgan fingerprint density at radius 2 is 2.00 bits per heavy atom. The van der Waals surface area contributed by atoms with Gasteiger partial charge in [0.25, 0.3) is 0 Å². The molecule has 3 rings (SSSR count). The minimum Gasteiger partial charge on any atom is -0.342 e. The molecule has 18 heavy (non-hydrogen) atoms. The van der Waals surface area contributed by atoms with Crippen molar-refractivity contribution in [2.24, 2.45) is 5.92 Å². The summed E-state index contributed by atoms with van der Waals surface area (Å²) in [6.45, 7) is 2.31. The number of aromatic nitrogens is 2. The number of benzene rings is 1. The van der Waals surface area contributed by atoms with Crippen molar-refractivity contribution in [3.05, 3.63) is 28.2 Å². The molecule has 0 amide bonds. The molecule has 0 aliphatic heterocycles. The van der Waals surface area contributed by atoms with Gasteiger partial charge in [-0.25, -0.2) is 9.37 Å². The number of fused-ring (bicyclic) bond motifs is 1. The van der Waals surface area contributed by atoms with E-state index in [4.69, 9.17) is 0 Å². The van der Waals surface area contributed by atoms with Gasteiger partial charge in [-0.3, -0.25) is 0 Å². The highest BCUT2D eigenvalue weighted by Gasteiger charge is 2.22. The summed E-state index contributed by atoms with van der Waals surface area (Å²) in [6.07, 6.45) is 4.90. The first-order valence-corrected chi connectivity index (χ1v) is 7.27. The fourth-order valence-electron chi connectivity index (χ4n) is 2.75. The lowest BCUT2D eigenvalue weighted by atomic mass is 9.83. The lowest BCUT2D eigenvalue weighted by molar-refractivity contribution is 0.341. The van der Waals surface area contributed by atoms with Crippen LogP contribution in [0.15, 0.2) is 16.6 Å². The zero-order valence-electron chi connectivity index (χ0n) is 10.3. The quantitative estimate of drug-likeness (QED) is 0.808. The molecule has 1 aliphatic carbocycles. The average molecular weight is 311 g/mol. The average Bonchev–Trinajstić information content (AvgIpc) is 2.73. The zero-order chi connectivity index (χ0) is 12.7. The largest absolute Gasteiger partial charge is 0.342 e. The highest BCUT2D eigenvalue weighted by molar-refractivity contribution is 9.10. The fourth-order valence-corrected chi connectivity index (χ4v) is 3.08. The van der Waals surface area contributed by atoms with Crippen molar-refractivity contribution < 1.29 is 4.39 Å². The van der Waals surface area contributed by atoms with E-state index >= 15 is 0 Å². The number of aromatic amines is 1. The lowest BCUT2D eigenvalue weighted by Gasteiger charge is -2.24. The second-order valence-corrected chi connectivity index (χ2v) is 6.22. The van der Waals surface area contributed by atoms with Crippen molar-refractivity contribution in [3.63, 3.8) is 0 Å². The Balaban J connectivity index is 1.93. The molecular formula is C14H16BrFN2. The molecule has 1 aromatic carbocycles. The topological polar surface area (TPSA) is 28.7 Å². The van der Waals surface area contributed by atoms with E-state index in [9.17, 15) is 4.39 Å². The van der Waals surface area contributed by atoms with Crippen LogP contribution < -0.4 is 0 Å². The van der Waals surface area contributed by atoms with E-state index in [2.05, 4.69) is 32.8 Å². The van der Waals surface area contributed by atoms with Crippen molar-refractivity contribution in [3.8, 4) is 0 Å². The maximum atomic E-state index is 13.5. The van der Waals surface area contributed by atoms with Crippen LogP contribution in [0.4, 0.5) is 4.39 Å². The van der Waals surface area contributed by atoms with Gasteiger partial charge in [-0.1, -0.05) is 19.8 Å². The van der Waals surface area contributed by atoms with Crippen LogP contribution in [-0.4, -0.2) is 9.97 Å². The van der Waals surface area contributed by atoms with Crippen LogP contribution in [0.5, 0.6) is 0 Å². The molecular weight excluding hydrogens is 295 g/mol. The number of nitrogens with one attached hydrogen (secondary N) is 1. The van der Waals surface area contributed by atoms with E-state index in [-0.39, 0.29) is 5.82 Å². The van der Waals surface area contributed by atoms with Gasteiger partial charge in [0.05, 0.1) is 15.5 Å². The Kier molecular flexibility index (Phi) is 3.14. The Morgan fingerprint density at radius 3 is 2.72 bits per heavy atom. The predicted molar refractivity (Wildman–Crippen MR) is 74.1 cm³/mol. The third-order valence-electron chi connectivity index (χ3n) is 3.94. The van der Waals surface area contributed by atoms with Crippen molar-refractivity contribution in [1.82, 2.24) is 9.97 Å². The van der Waals surface area contributed by atoms with E-state index in [0.717, 1.165) is 22.8 Å². The summed E-state index contributed by atoms with van der Waals surface area (Å²) in [5.74, 6) is 2.12. The molecule has 0 saturated heterocycles. The van der Waals surface area contributed by atoms with E-state index in [1.54, 1.807) is 6.07 Å². The Morgan fingerprint density at radius 1 is 1.28 bits per heavy atom. The molecule has 1 N–H and O–H groups in total. The smallest absolute Gasteiger partial charge is 0.139 e. The van der Waals surface area contributed by atoms with Crippen LogP contribution in [0.2, 0.25) is 0 Å². The fraction of sp³-hybridized carbons (Fsp3) is 0.500. The van der Waals surface area contributed by atoms with Gasteiger partial charge in [0.2, 0.25) is 0 Å². The standard InChI is InChI=1S/C14H16BrFN2/c1-8-2-4-9(5-3-8)14-17-12-6-10(15)11(16)7-13(12)18-14/h6-9H,2-5H2,1H3,(H,17,18). The van der Waals surface area contributed by atoms with Gasteiger partial charge >= 0.3 is 0 Å². The molecule has 1 aliphatic rings. The first kappa shape index (κ1) is 12.2. The summed E-state index contributed by atoms with van der Waals surface area (Å²) in [4.78, 5) is 7.89. The number of hydrogen-bond acceptors (Lipinski definition) is 1. The molecule has 2 nitrogen and oxygen atoms in total. The Bertz CT molecular complexity index is 531. The summed E-state index contributed by atoms with van der Waals surface area (Å²) in [5, 5.41) is 0. The van der Waals surface area contributed by atoms with Gasteiger partial charge in [-0.15, -0.1) is 0 Å². The van der Waals surface area contributed by atoms with Crippen molar-refractivity contribution in [2.45, 2.75) is 38.5 Å². The molecule has 0 unspecified atom stereocenters. The number of rotatable bonds is 1. The molecule has 1 fully saturated rings. The molecule has 2 aromatic rings. The van der Waals surface area contributed by atoms with E-state index in [1.165, 1.54) is 31.7 Å². The van der Waals surface area contributed by atoms with Crippen molar-refractivity contribution in [1.29, 1.82) is 0 Å². The molecule has 1 aromatic heterocycles. The first-order chi connectivity index (χ1) is 8.63. The normalized spacial score (nSPS) is 24.6. The molecule has 0 bridgehead atoms. The molecule has 0 spiro atoms. The molecule has 1 saturated carbocycles. The summed E-state index contributed by atoms with van der Waals surface area (Å²) >= 11 is 3.20. The van der Waals surface area contributed by atoms with Crippen LogP contribution >= 0.6 is 15.9 Å². The first-order valence-electron chi connectivity index (χ1n) is 6.48. The highest BCUT2D eigenvalue weighted by atomic mass is 79.9. The molecule has 96 valence electrons. The van der Waals surface area contributed by atoms with Gasteiger partial charge in [0.1, 0.15) is 11.6 Å². The van der Waals surface area contributed by atoms with E-state index in [0.29, 0.717) is 10.4 Å². The third kappa shape index (κ3) is 2.18. The predicted octanol–water partition coefficient (Wildman–Crippen LogP) is 4.76. The third-order valence-corrected chi connectivity index (χ3v) is 4.55. The van der Waals surface area contributed by atoms with Crippen LogP contribution in [0.1, 0.15) is 44.3 Å². The van der Waals surface area contributed by atoms with Crippen LogP contribution in [0.25, 0.3) is 11.0 Å². The Hall–Kier alpha value is -0.900.